The first-order valence-corrected chi connectivity index (χ1v) is 6.76. The lowest BCUT2D eigenvalue weighted by Gasteiger charge is -2.22. The molecule has 0 radical (unpaired) electrons. The number of carbonyl (C=O) groups is 2. The van der Waals surface area contributed by atoms with Crippen LogP contribution in [0, 0.1) is 0 Å². The maximum atomic E-state index is 11.8. The van der Waals surface area contributed by atoms with Gasteiger partial charge >= 0.3 is 12.1 Å². The van der Waals surface area contributed by atoms with Gasteiger partial charge in [-0.05, 0) is 32.4 Å². The van der Waals surface area contributed by atoms with Gasteiger partial charge in [-0.25, -0.2) is 9.59 Å². The minimum atomic E-state index is -0.884. The second-order valence-electron chi connectivity index (χ2n) is 5.39. The molecule has 0 aliphatic heterocycles. The Morgan fingerprint density at radius 2 is 2.10 bits per heavy atom. The molecule has 0 bridgehead atoms. The second kappa shape index (κ2) is 7.26. The summed E-state index contributed by atoms with van der Waals surface area (Å²) in [6.07, 6.45) is 2.53. The first-order chi connectivity index (χ1) is 9.73. The molecule has 1 heterocycles. The predicted molar refractivity (Wildman–Crippen MR) is 78.1 cm³/mol. The molecule has 6 nitrogen and oxygen atoms in total. The summed E-state index contributed by atoms with van der Waals surface area (Å²) < 4.78 is 9.82. The first kappa shape index (κ1) is 17.2. The lowest BCUT2D eigenvalue weighted by molar-refractivity contribution is -0.143. The number of amides is 1. The molecule has 0 saturated carbocycles. The van der Waals surface area contributed by atoms with Crippen molar-refractivity contribution in [3.05, 3.63) is 29.0 Å². The van der Waals surface area contributed by atoms with Crippen LogP contribution in [0.1, 0.15) is 26.3 Å². The molecule has 0 saturated heterocycles. The third-order valence-electron chi connectivity index (χ3n) is 2.46. The van der Waals surface area contributed by atoms with E-state index in [0.717, 1.165) is 0 Å². The van der Waals surface area contributed by atoms with E-state index in [9.17, 15) is 9.59 Å². The van der Waals surface area contributed by atoms with E-state index >= 15 is 0 Å². The summed E-state index contributed by atoms with van der Waals surface area (Å²) in [7, 11) is 1.25. The Hall–Kier alpha value is -1.82. The maximum absolute atomic E-state index is 11.8. The topological polar surface area (TPSA) is 77.5 Å². The third kappa shape index (κ3) is 5.99. The number of rotatable bonds is 4. The number of hydrogen-bond acceptors (Lipinski definition) is 5. The van der Waals surface area contributed by atoms with Crippen molar-refractivity contribution in [2.75, 3.05) is 7.11 Å². The Bertz CT molecular complexity index is 514. The summed E-state index contributed by atoms with van der Waals surface area (Å²) in [5.74, 6) is -0.575. The zero-order valence-electron chi connectivity index (χ0n) is 12.5. The van der Waals surface area contributed by atoms with E-state index in [4.69, 9.17) is 16.3 Å². The highest BCUT2D eigenvalue weighted by Crippen LogP contribution is 2.16. The van der Waals surface area contributed by atoms with Crippen molar-refractivity contribution in [3.63, 3.8) is 0 Å². The fraction of sp³-hybridized carbons (Fsp3) is 0.500. The smallest absolute Gasteiger partial charge is 0.408 e. The fourth-order valence-corrected chi connectivity index (χ4v) is 1.77. The summed E-state index contributed by atoms with van der Waals surface area (Å²) in [5, 5.41) is 2.90. The number of ether oxygens (including phenoxy) is 2. The highest BCUT2D eigenvalue weighted by molar-refractivity contribution is 6.31. The molecule has 21 heavy (non-hydrogen) atoms. The Morgan fingerprint density at radius 1 is 1.43 bits per heavy atom. The number of esters is 1. The number of methoxy groups -OCH3 is 1. The van der Waals surface area contributed by atoms with E-state index in [2.05, 4.69) is 15.0 Å². The highest BCUT2D eigenvalue weighted by Gasteiger charge is 2.25. The van der Waals surface area contributed by atoms with Gasteiger partial charge in [0.1, 0.15) is 11.6 Å². The Morgan fingerprint density at radius 3 is 2.62 bits per heavy atom. The molecule has 1 aromatic rings. The van der Waals surface area contributed by atoms with Gasteiger partial charge in [-0.1, -0.05) is 11.6 Å². The van der Waals surface area contributed by atoms with Gasteiger partial charge < -0.3 is 14.8 Å². The number of carbonyl (C=O) groups excluding carboxylic acids is 2. The molecular formula is C14H19ClN2O4. The van der Waals surface area contributed by atoms with Crippen LogP contribution in [0.2, 0.25) is 5.02 Å². The number of aromatic nitrogens is 1. The van der Waals surface area contributed by atoms with Gasteiger partial charge in [0.15, 0.2) is 0 Å². The van der Waals surface area contributed by atoms with E-state index in [1.165, 1.54) is 13.3 Å². The van der Waals surface area contributed by atoms with E-state index in [0.29, 0.717) is 10.6 Å². The Labute approximate surface area is 128 Å². The lowest BCUT2D eigenvalue weighted by Crippen LogP contribution is -2.45. The van der Waals surface area contributed by atoms with Gasteiger partial charge in [0.05, 0.1) is 12.1 Å². The maximum Gasteiger partial charge on any atom is 0.408 e. The van der Waals surface area contributed by atoms with Crippen LogP contribution in [0.15, 0.2) is 18.5 Å². The van der Waals surface area contributed by atoms with Gasteiger partial charge in [-0.2, -0.15) is 0 Å². The van der Waals surface area contributed by atoms with Crippen LogP contribution in [-0.2, 0) is 20.7 Å². The van der Waals surface area contributed by atoms with Crippen molar-refractivity contribution in [2.45, 2.75) is 38.8 Å². The zero-order valence-corrected chi connectivity index (χ0v) is 13.2. The second-order valence-corrected chi connectivity index (χ2v) is 5.80. The van der Waals surface area contributed by atoms with E-state index in [-0.39, 0.29) is 6.42 Å². The van der Waals surface area contributed by atoms with E-state index < -0.39 is 23.7 Å². The molecule has 0 fully saturated rings. The standard InChI is InChI=1S/C14H19ClN2O4/c1-14(2,3)21-13(19)17-11(12(18)20-4)7-9-5-6-16-8-10(9)15/h5-6,8,11H,7H2,1-4H3,(H,17,19)/t11-/m0/s1. The molecule has 116 valence electrons. The molecule has 1 rings (SSSR count). The number of alkyl carbamates (subject to hydrolysis) is 1. The summed E-state index contributed by atoms with van der Waals surface area (Å²) in [5.41, 5.74) is 0.0251. The predicted octanol–water partition coefficient (Wildman–Crippen LogP) is 2.34. The van der Waals surface area contributed by atoms with Gasteiger partial charge in [-0.15, -0.1) is 0 Å². The van der Waals surface area contributed by atoms with Crippen molar-refractivity contribution in [1.82, 2.24) is 10.3 Å². The van der Waals surface area contributed by atoms with E-state index in [1.807, 2.05) is 0 Å². The molecule has 1 amide bonds. The van der Waals surface area contributed by atoms with Gasteiger partial charge in [0, 0.05) is 18.8 Å². The van der Waals surface area contributed by atoms with Crippen LogP contribution in [0.25, 0.3) is 0 Å². The third-order valence-corrected chi connectivity index (χ3v) is 2.80. The SMILES string of the molecule is COC(=O)[C@H](Cc1ccncc1Cl)NC(=O)OC(C)(C)C. The number of halogens is 1. The van der Waals surface area contributed by atoms with Crippen LogP contribution < -0.4 is 5.32 Å². The first-order valence-electron chi connectivity index (χ1n) is 6.38. The largest absolute Gasteiger partial charge is 0.467 e. The van der Waals surface area contributed by atoms with Crippen LogP contribution >= 0.6 is 11.6 Å². The summed E-state index contributed by atoms with van der Waals surface area (Å²) in [6.45, 7) is 5.21. The molecule has 0 spiro atoms. The Balaban J connectivity index is 2.80. The van der Waals surface area contributed by atoms with Crippen LogP contribution in [0.3, 0.4) is 0 Å². The average molecular weight is 315 g/mol. The average Bonchev–Trinajstić information content (AvgIpc) is 2.37. The molecule has 1 N–H and O–H groups in total. The van der Waals surface area contributed by atoms with Gasteiger partial charge in [0.25, 0.3) is 0 Å². The molecule has 0 unspecified atom stereocenters. The molecule has 0 aliphatic carbocycles. The lowest BCUT2D eigenvalue weighted by atomic mass is 10.1. The van der Waals surface area contributed by atoms with Gasteiger partial charge in [0.2, 0.25) is 0 Å². The highest BCUT2D eigenvalue weighted by atomic mass is 35.5. The van der Waals surface area contributed by atoms with Crippen molar-refractivity contribution < 1.29 is 19.1 Å². The van der Waals surface area contributed by atoms with Crippen molar-refractivity contribution in [3.8, 4) is 0 Å². The van der Waals surface area contributed by atoms with Crippen molar-refractivity contribution >= 4 is 23.7 Å². The molecule has 0 aromatic carbocycles. The number of nitrogens with zero attached hydrogens (tertiary/aromatic N) is 1. The molecule has 0 aliphatic rings. The summed E-state index contributed by atoms with van der Waals surface area (Å²) >= 11 is 6.00. The minimum Gasteiger partial charge on any atom is -0.467 e. The van der Waals surface area contributed by atoms with Crippen LogP contribution in [0.4, 0.5) is 4.79 Å². The van der Waals surface area contributed by atoms with Crippen LogP contribution in [0.5, 0.6) is 0 Å². The molecule has 7 heteroatoms. The summed E-state index contributed by atoms with van der Waals surface area (Å²) in [4.78, 5) is 27.4. The quantitative estimate of drug-likeness (QED) is 0.863. The number of pyridine rings is 1. The molecular weight excluding hydrogens is 296 g/mol. The Kier molecular flexibility index (Phi) is 5.96. The minimum absolute atomic E-state index is 0.188. The van der Waals surface area contributed by atoms with Crippen molar-refractivity contribution in [1.29, 1.82) is 0 Å². The monoisotopic (exact) mass is 314 g/mol. The van der Waals surface area contributed by atoms with Crippen LogP contribution in [-0.4, -0.2) is 35.8 Å². The van der Waals surface area contributed by atoms with Crippen molar-refractivity contribution in [2.24, 2.45) is 0 Å². The number of hydrogen-bond donors (Lipinski definition) is 1. The fourth-order valence-electron chi connectivity index (χ4n) is 1.57. The van der Waals surface area contributed by atoms with E-state index in [1.54, 1.807) is 33.0 Å². The summed E-state index contributed by atoms with van der Waals surface area (Å²) in [6, 6.07) is 0.791. The molecule has 1 atom stereocenters. The number of nitrogens with one attached hydrogen (secondary N) is 1. The molecule has 1 aromatic heterocycles. The zero-order chi connectivity index (χ0) is 16.0. The normalized spacial score (nSPS) is 12.4. The van der Waals surface area contributed by atoms with Gasteiger partial charge in [-0.3, -0.25) is 4.98 Å².